The Bertz CT molecular complexity index is 614. The Labute approximate surface area is 183 Å². The van der Waals surface area contributed by atoms with Gasteiger partial charge in [-0.3, -0.25) is 4.79 Å². The minimum absolute atomic E-state index is 0.278. The lowest BCUT2D eigenvalue weighted by Crippen LogP contribution is -2.13. The van der Waals surface area contributed by atoms with Gasteiger partial charge in [0.2, 0.25) is 0 Å². The average molecular weight is 455 g/mol. The second-order valence-corrected chi connectivity index (χ2v) is 6.33. The predicted molar refractivity (Wildman–Crippen MR) is 115 cm³/mol. The molecule has 0 bridgehead atoms. The summed E-state index contributed by atoms with van der Waals surface area (Å²) in [7, 11) is 5.02. The van der Waals surface area contributed by atoms with Crippen LogP contribution in [0, 0.1) is 12.8 Å². The van der Waals surface area contributed by atoms with E-state index in [1.54, 1.807) is 21.3 Å². The first-order chi connectivity index (χ1) is 14.5. The Morgan fingerprint density at radius 2 is 1.61 bits per heavy atom. The molecule has 0 aromatic heterocycles. The van der Waals surface area contributed by atoms with E-state index in [0.717, 1.165) is 26.4 Å². The van der Waals surface area contributed by atoms with Crippen LogP contribution in [-0.2, 0) is 20.4 Å². The molecule has 6 nitrogen and oxygen atoms in total. The van der Waals surface area contributed by atoms with Crippen LogP contribution >= 0.6 is 0 Å². The first kappa shape index (κ1) is 33.5. The number of phenols is 2. The number of hydrogen-bond acceptors (Lipinski definition) is 6. The highest BCUT2D eigenvalue weighted by atomic mass is 19.4. The number of aromatic hydroxyl groups is 2. The van der Waals surface area contributed by atoms with Gasteiger partial charge in [0, 0.05) is 39.1 Å². The van der Waals surface area contributed by atoms with Gasteiger partial charge >= 0.3 is 6.18 Å². The van der Waals surface area contributed by atoms with Gasteiger partial charge in [0.1, 0.15) is 6.79 Å². The van der Waals surface area contributed by atoms with E-state index < -0.39 is 34.6 Å². The lowest BCUT2D eigenvalue weighted by atomic mass is 9.97. The molecule has 0 atom stereocenters. The molecular weight excluding hydrogens is 417 g/mol. The number of ether oxygens (including phenoxy) is 2. The highest BCUT2D eigenvalue weighted by Crippen LogP contribution is 2.41. The molecule has 0 unspecified atom stereocenters. The molecule has 1 aromatic carbocycles. The first-order valence-corrected chi connectivity index (χ1v) is 9.82. The van der Waals surface area contributed by atoms with Crippen LogP contribution in [0.2, 0.25) is 0 Å². The van der Waals surface area contributed by atoms with Gasteiger partial charge in [0.05, 0.1) is 5.56 Å². The zero-order chi connectivity index (χ0) is 25.2. The van der Waals surface area contributed by atoms with E-state index in [9.17, 15) is 23.1 Å². The van der Waals surface area contributed by atoms with E-state index in [2.05, 4.69) is 4.74 Å². The van der Waals surface area contributed by atoms with Crippen molar-refractivity contribution in [1.29, 1.82) is 0 Å². The number of benzene rings is 1. The molecule has 31 heavy (non-hydrogen) atoms. The number of rotatable bonds is 5. The smallest absolute Gasteiger partial charge is 0.417 e. The number of ketones is 1. The largest absolute Gasteiger partial charge is 0.504 e. The van der Waals surface area contributed by atoms with Crippen molar-refractivity contribution in [2.75, 3.05) is 27.9 Å². The number of Topliss-reactive ketones (excluding diaryl/α,β-unsaturated/α-hetero) is 1. The summed E-state index contributed by atoms with van der Waals surface area (Å²) in [4.78, 5) is 19.1. The maximum absolute atomic E-state index is 12.6. The fourth-order valence-corrected chi connectivity index (χ4v) is 2.39. The number of alkyl halides is 3. The van der Waals surface area contributed by atoms with Gasteiger partial charge in [0.15, 0.2) is 17.3 Å². The molecule has 1 aromatic rings. The zero-order valence-corrected chi connectivity index (χ0v) is 19.6. The summed E-state index contributed by atoms with van der Waals surface area (Å²) in [5.74, 6) is -1.35. The third-order valence-corrected chi connectivity index (χ3v) is 3.84. The minimum Gasteiger partial charge on any atom is -0.504 e. The van der Waals surface area contributed by atoms with Gasteiger partial charge < -0.3 is 24.5 Å². The number of carbonyl (C=O) groups is 2. The van der Waals surface area contributed by atoms with Crippen molar-refractivity contribution in [3.8, 4) is 11.5 Å². The van der Waals surface area contributed by atoms with E-state index in [1.165, 1.54) is 25.7 Å². The number of carbonyl (C=O) groups excluding carboxylic acids is 2. The second-order valence-electron chi connectivity index (χ2n) is 6.33. The fraction of sp³-hybridized carbons (Fsp3) is 0.636. The van der Waals surface area contributed by atoms with Gasteiger partial charge in [-0.05, 0) is 38.7 Å². The maximum atomic E-state index is 12.6. The van der Waals surface area contributed by atoms with Crippen LogP contribution in [0.25, 0.3) is 0 Å². The van der Waals surface area contributed by atoms with Crippen molar-refractivity contribution in [1.82, 2.24) is 0 Å². The van der Waals surface area contributed by atoms with Crippen molar-refractivity contribution in [2.24, 2.45) is 5.92 Å². The van der Waals surface area contributed by atoms with E-state index in [1.807, 2.05) is 20.6 Å². The molecule has 0 saturated heterocycles. The molecule has 1 fully saturated rings. The molecule has 2 N–H and O–H groups in total. The topological polar surface area (TPSA) is 93.1 Å². The van der Waals surface area contributed by atoms with Gasteiger partial charge in [-0.25, -0.2) is 0 Å². The lowest BCUT2D eigenvalue weighted by Gasteiger charge is -2.15. The van der Waals surface area contributed by atoms with Gasteiger partial charge in [-0.1, -0.05) is 26.7 Å². The lowest BCUT2D eigenvalue weighted by molar-refractivity contribution is -0.138. The molecule has 0 spiro atoms. The van der Waals surface area contributed by atoms with E-state index in [0.29, 0.717) is 6.07 Å². The number of halogens is 3. The summed E-state index contributed by atoms with van der Waals surface area (Å²) in [6.07, 6.45) is 0.860. The number of methoxy groups -OCH3 is 2. The van der Waals surface area contributed by atoms with Crippen LogP contribution in [0.15, 0.2) is 6.07 Å². The molecule has 0 radical (unpaired) electrons. The van der Waals surface area contributed by atoms with E-state index in [-0.39, 0.29) is 5.56 Å². The van der Waals surface area contributed by atoms with Gasteiger partial charge in [0.25, 0.3) is 0 Å². The van der Waals surface area contributed by atoms with Crippen LogP contribution in [0.1, 0.15) is 67.9 Å². The molecule has 2 rings (SSSR count). The normalized spacial score (nSPS) is 11.8. The van der Waals surface area contributed by atoms with Crippen molar-refractivity contribution in [3.05, 3.63) is 22.8 Å². The highest BCUT2D eigenvalue weighted by molar-refractivity contribution is 5.98. The van der Waals surface area contributed by atoms with Crippen LogP contribution < -0.4 is 0 Å². The average Bonchev–Trinajstić information content (AvgIpc) is 3.54. The summed E-state index contributed by atoms with van der Waals surface area (Å²) >= 11 is 0. The molecule has 0 amide bonds. The Morgan fingerprint density at radius 1 is 1.16 bits per heavy atom. The van der Waals surface area contributed by atoms with E-state index >= 15 is 0 Å². The van der Waals surface area contributed by atoms with Crippen molar-refractivity contribution >= 4 is 12.6 Å². The standard InChI is InChI=1S/C10H9F3O3.C7H14O.C2H6O.C2H6.CH2O/c1-4-8(5(2)14)6(10(11,12)13)3-7(15)9(4)16;1-8-6-2-3-7-4-5-7;1-3-2;2*1-2/h3,15-16H,1-2H3;7H,2-6H2,1H3;1-2H3;1-2H3;1H2. The Morgan fingerprint density at radius 3 is 1.94 bits per heavy atom. The summed E-state index contributed by atoms with van der Waals surface area (Å²) < 4.78 is 46.8. The third kappa shape index (κ3) is 14.5. The van der Waals surface area contributed by atoms with Gasteiger partial charge in [-0.15, -0.1) is 0 Å². The monoisotopic (exact) mass is 454 g/mol. The van der Waals surface area contributed by atoms with Crippen LogP contribution in [0.3, 0.4) is 0 Å². The first-order valence-electron chi connectivity index (χ1n) is 9.82. The molecule has 1 aliphatic carbocycles. The fourth-order valence-electron chi connectivity index (χ4n) is 2.39. The summed E-state index contributed by atoms with van der Waals surface area (Å²) in [5.41, 5.74) is -2.14. The SMILES string of the molecule is C=O.CC.CC(=O)c1c(C(F)(F)F)cc(O)c(O)c1C.COC.COCCCC1CC1. The maximum Gasteiger partial charge on any atom is 0.417 e. The number of hydrogen-bond donors (Lipinski definition) is 2. The molecule has 182 valence electrons. The van der Waals surface area contributed by atoms with Gasteiger partial charge in [-0.2, -0.15) is 13.2 Å². The summed E-state index contributed by atoms with van der Waals surface area (Å²) in [5, 5.41) is 18.3. The molecule has 0 heterocycles. The summed E-state index contributed by atoms with van der Waals surface area (Å²) in [6, 6.07) is 0.346. The van der Waals surface area contributed by atoms with Crippen molar-refractivity contribution < 1.29 is 42.4 Å². The van der Waals surface area contributed by atoms with Crippen molar-refractivity contribution in [2.45, 2.75) is 59.6 Å². The molecule has 1 saturated carbocycles. The third-order valence-electron chi connectivity index (χ3n) is 3.84. The second kappa shape index (κ2) is 18.6. The molecule has 9 heteroatoms. The molecular formula is C22H37F3O6. The van der Waals surface area contributed by atoms with Crippen LogP contribution in [0.4, 0.5) is 13.2 Å². The van der Waals surface area contributed by atoms with Crippen molar-refractivity contribution in [3.63, 3.8) is 0 Å². The summed E-state index contributed by atoms with van der Waals surface area (Å²) in [6.45, 7) is 9.06. The van der Waals surface area contributed by atoms with Crippen LogP contribution in [0.5, 0.6) is 11.5 Å². The Balaban J connectivity index is -0.000000435. The van der Waals surface area contributed by atoms with Crippen LogP contribution in [-0.4, -0.2) is 50.7 Å². The quantitative estimate of drug-likeness (QED) is 0.344. The number of phenolic OH excluding ortho intramolecular Hbond substituents is 2. The Hall–Kier alpha value is -2.13. The minimum atomic E-state index is -4.75. The van der Waals surface area contributed by atoms with E-state index in [4.69, 9.17) is 14.6 Å². The molecule has 1 aliphatic rings. The predicted octanol–water partition coefficient (Wildman–Crippen LogP) is 5.55. The molecule has 0 aliphatic heterocycles. The highest BCUT2D eigenvalue weighted by Gasteiger charge is 2.37. The Kier molecular flexibility index (Phi) is 20.1. The zero-order valence-electron chi connectivity index (χ0n) is 19.6.